The molecule has 0 radical (unpaired) electrons. The maximum absolute atomic E-state index is 12.4. The number of hydrogen-bond donors (Lipinski definition) is 0. The molecule has 6 nitrogen and oxygen atoms in total. The standard InChI is InChI=1S/C17H22N4O2/c1-13-17(14-7-4-3-5-8-14)23-12-15-11-21(19-18-15)10-6-9-16(22)20(13)2/h3-5,7-8,11,13,17H,6,9-10,12H2,1-2H3/t13-,17?/m0/s1. The highest BCUT2D eigenvalue weighted by molar-refractivity contribution is 5.76. The lowest BCUT2D eigenvalue weighted by Crippen LogP contribution is -2.40. The second kappa shape index (κ2) is 6.91. The molecule has 23 heavy (non-hydrogen) atoms. The number of aryl methyl sites for hydroxylation is 1. The summed E-state index contributed by atoms with van der Waals surface area (Å²) >= 11 is 0. The van der Waals surface area contributed by atoms with Gasteiger partial charge in [0.25, 0.3) is 0 Å². The molecule has 1 unspecified atom stereocenters. The lowest BCUT2D eigenvalue weighted by Gasteiger charge is -2.32. The van der Waals surface area contributed by atoms with Crippen molar-refractivity contribution >= 4 is 5.91 Å². The van der Waals surface area contributed by atoms with Gasteiger partial charge in [-0.3, -0.25) is 9.48 Å². The Kier molecular flexibility index (Phi) is 4.71. The number of fused-ring (bicyclic) bond motifs is 2. The van der Waals surface area contributed by atoms with E-state index in [1.165, 1.54) is 0 Å². The van der Waals surface area contributed by atoms with Crippen LogP contribution in [0.15, 0.2) is 36.5 Å². The molecule has 0 fully saturated rings. The molecule has 2 heterocycles. The van der Waals surface area contributed by atoms with Crippen molar-refractivity contribution in [3.8, 4) is 0 Å². The summed E-state index contributed by atoms with van der Waals surface area (Å²) in [7, 11) is 1.85. The van der Waals surface area contributed by atoms with Gasteiger partial charge >= 0.3 is 0 Å². The number of nitrogens with zero attached hydrogens (tertiary/aromatic N) is 4. The van der Waals surface area contributed by atoms with E-state index >= 15 is 0 Å². The number of amides is 1. The Morgan fingerprint density at radius 1 is 1.26 bits per heavy atom. The van der Waals surface area contributed by atoms with Gasteiger partial charge in [-0.2, -0.15) is 0 Å². The average molecular weight is 314 g/mol. The minimum atomic E-state index is -0.199. The predicted molar refractivity (Wildman–Crippen MR) is 85.5 cm³/mol. The minimum Gasteiger partial charge on any atom is -0.365 e. The smallest absolute Gasteiger partial charge is 0.222 e. The Labute approximate surface area is 136 Å². The van der Waals surface area contributed by atoms with Crippen molar-refractivity contribution in [2.45, 2.75) is 45.1 Å². The van der Waals surface area contributed by atoms with E-state index in [-0.39, 0.29) is 18.1 Å². The first-order chi connectivity index (χ1) is 11.1. The van der Waals surface area contributed by atoms with Gasteiger partial charge in [-0.25, -0.2) is 0 Å². The molecule has 1 aliphatic heterocycles. The molecule has 2 atom stereocenters. The third-order valence-corrected chi connectivity index (χ3v) is 4.35. The molecule has 1 amide bonds. The first-order valence-corrected chi connectivity index (χ1v) is 7.96. The van der Waals surface area contributed by atoms with Gasteiger partial charge in [-0.05, 0) is 18.9 Å². The summed E-state index contributed by atoms with van der Waals surface area (Å²) in [6.45, 7) is 3.10. The highest BCUT2D eigenvalue weighted by Crippen LogP contribution is 2.26. The lowest BCUT2D eigenvalue weighted by molar-refractivity contribution is -0.135. The van der Waals surface area contributed by atoms with Gasteiger partial charge in [-0.15, -0.1) is 5.10 Å². The van der Waals surface area contributed by atoms with Gasteiger partial charge in [0.15, 0.2) is 0 Å². The van der Waals surface area contributed by atoms with Gasteiger partial charge in [-0.1, -0.05) is 35.5 Å². The summed E-state index contributed by atoms with van der Waals surface area (Å²) in [6.07, 6.45) is 2.95. The second-order valence-electron chi connectivity index (χ2n) is 5.96. The van der Waals surface area contributed by atoms with Crippen molar-refractivity contribution in [1.29, 1.82) is 0 Å². The molecule has 2 bridgehead atoms. The van der Waals surface area contributed by atoms with Crippen LogP contribution in [0, 0.1) is 0 Å². The minimum absolute atomic E-state index is 0.0561. The Balaban J connectivity index is 1.89. The van der Waals surface area contributed by atoms with E-state index < -0.39 is 0 Å². The molecule has 3 rings (SSSR count). The fourth-order valence-corrected chi connectivity index (χ4v) is 2.84. The zero-order chi connectivity index (χ0) is 16.2. The molecule has 0 spiro atoms. The summed E-state index contributed by atoms with van der Waals surface area (Å²) in [5.41, 5.74) is 1.87. The number of benzene rings is 1. The van der Waals surface area contributed by atoms with Crippen molar-refractivity contribution in [2.24, 2.45) is 0 Å². The van der Waals surface area contributed by atoms with Crippen LogP contribution in [0.1, 0.15) is 37.1 Å². The largest absolute Gasteiger partial charge is 0.365 e. The highest BCUT2D eigenvalue weighted by Gasteiger charge is 2.27. The number of hydrogen-bond acceptors (Lipinski definition) is 4. The van der Waals surface area contributed by atoms with Crippen molar-refractivity contribution < 1.29 is 9.53 Å². The topological polar surface area (TPSA) is 60.2 Å². The van der Waals surface area contributed by atoms with Gasteiger partial charge in [0, 0.05) is 20.0 Å². The molecule has 0 saturated carbocycles. The number of aromatic nitrogens is 3. The molecule has 0 aliphatic carbocycles. The van der Waals surface area contributed by atoms with Gasteiger partial charge < -0.3 is 9.64 Å². The van der Waals surface area contributed by atoms with E-state index in [9.17, 15) is 4.79 Å². The average Bonchev–Trinajstić information content (AvgIpc) is 3.02. The summed E-state index contributed by atoms with van der Waals surface area (Å²) < 4.78 is 7.89. The number of ether oxygens (including phenoxy) is 1. The Morgan fingerprint density at radius 3 is 2.83 bits per heavy atom. The zero-order valence-corrected chi connectivity index (χ0v) is 13.6. The molecule has 122 valence electrons. The monoisotopic (exact) mass is 314 g/mol. The summed E-state index contributed by atoms with van der Waals surface area (Å²) in [5, 5.41) is 8.23. The first-order valence-electron chi connectivity index (χ1n) is 7.96. The zero-order valence-electron chi connectivity index (χ0n) is 13.6. The van der Waals surface area contributed by atoms with Crippen LogP contribution in [-0.2, 0) is 22.7 Å². The van der Waals surface area contributed by atoms with Gasteiger partial charge in [0.1, 0.15) is 11.8 Å². The maximum Gasteiger partial charge on any atom is 0.222 e. The van der Waals surface area contributed by atoms with E-state index in [1.807, 2.05) is 50.5 Å². The molecule has 0 saturated heterocycles. The van der Waals surface area contributed by atoms with Gasteiger partial charge in [0.2, 0.25) is 5.91 Å². The Bertz CT molecular complexity index is 656. The normalized spacial score (nSPS) is 23.2. The van der Waals surface area contributed by atoms with Crippen LogP contribution in [0.3, 0.4) is 0 Å². The third kappa shape index (κ3) is 3.59. The van der Waals surface area contributed by atoms with Crippen LogP contribution < -0.4 is 0 Å². The summed E-state index contributed by atoms with van der Waals surface area (Å²) in [6, 6.07) is 9.95. The van der Waals surface area contributed by atoms with E-state index in [1.54, 1.807) is 9.58 Å². The quantitative estimate of drug-likeness (QED) is 0.809. The number of carbonyl (C=O) groups excluding carboxylic acids is 1. The summed E-state index contributed by atoms with van der Waals surface area (Å²) in [4.78, 5) is 14.2. The van der Waals surface area contributed by atoms with E-state index in [4.69, 9.17) is 4.74 Å². The van der Waals surface area contributed by atoms with Crippen LogP contribution >= 0.6 is 0 Å². The molecule has 1 aliphatic rings. The molecular formula is C17H22N4O2. The van der Waals surface area contributed by atoms with E-state index in [0.29, 0.717) is 19.6 Å². The third-order valence-electron chi connectivity index (χ3n) is 4.35. The molecule has 2 aromatic rings. The van der Waals surface area contributed by atoms with Crippen molar-refractivity contribution in [3.63, 3.8) is 0 Å². The molecule has 1 aromatic carbocycles. The van der Waals surface area contributed by atoms with Crippen molar-refractivity contribution in [1.82, 2.24) is 19.9 Å². The van der Waals surface area contributed by atoms with Crippen LogP contribution in [0.4, 0.5) is 0 Å². The van der Waals surface area contributed by atoms with Crippen LogP contribution in [-0.4, -0.2) is 38.9 Å². The molecular weight excluding hydrogens is 292 g/mol. The molecule has 6 heteroatoms. The summed E-state index contributed by atoms with van der Waals surface area (Å²) in [5.74, 6) is 0.128. The fourth-order valence-electron chi connectivity index (χ4n) is 2.84. The highest BCUT2D eigenvalue weighted by atomic mass is 16.5. The number of carbonyl (C=O) groups is 1. The SMILES string of the molecule is C[C@H]1C(c2ccccc2)OCc2cn(nn2)CCCC(=O)N1C. The number of likely N-dealkylation sites (N-methyl/N-ethyl adjacent to an activating group) is 1. The Morgan fingerprint density at radius 2 is 2.04 bits per heavy atom. The number of rotatable bonds is 1. The Hall–Kier alpha value is -2.21. The van der Waals surface area contributed by atoms with Crippen LogP contribution in [0.2, 0.25) is 0 Å². The van der Waals surface area contributed by atoms with Crippen LogP contribution in [0.5, 0.6) is 0 Å². The lowest BCUT2D eigenvalue weighted by atomic mass is 10.0. The van der Waals surface area contributed by atoms with Crippen LogP contribution in [0.25, 0.3) is 0 Å². The predicted octanol–water partition coefficient (Wildman–Crippen LogP) is 2.18. The van der Waals surface area contributed by atoms with E-state index in [2.05, 4.69) is 10.3 Å². The maximum atomic E-state index is 12.4. The van der Waals surface area contributed by atoms with Crippen molar-refractivity contribution in [2.75, 3.05) is 7.05 Å². The molecule has 1 aromatic heterocycles. The molecule has 0 N–H and O–H groups in total. The fraction of sp³-hybridized carbons (Fsp3) is 0.471. The second-order valence-corrected chi connectivity index (χ2v) is 5.96. The first kappa shape index (κ1) is 15.7. The van der Waals surface area contributed by atoms with Gasteiger partial charge in [0.05, 0.1) is 18.8 Å². The van der Waals surface area contributed by atoms with E-state index in [0.717, 1.165) is 17.7 Å². The van der Waals surface area contributed by atoms with Crippen molar-refractivity contribution in [3.05, 3.63) is 47.8 Å².